The van der Waals surface area contributed by atoms with Gasteiger partial charge in [0.1, 0.15) is 10.7 Å². The van der Waals surface area contributed by atoms with Crippen LogP contribution in [0.1, 0.15) is 45.0 Å². The van der Waals surface area contributed by atoms with Gasteiger partial charge in [-0.3, -0.25) is 14.5 Å². The predicted octanol–water partition coefficient (Wildman–Crippen LogP) is 3.47. The van der Waals surface area contributed by atoms with E-state index in [9.17, 15) is 24.2 Å². The number of halogens is 1. The van der Waals surface area contributed by atoms with E-state index in [-0.39, 0.29) is 10.8 Å². The van der Waals surface area contributed by atoms with Crippen LogP contribution < -0.4 is 10.7 Å². The monoisotopic (exact) mass is 512 g/mol. The van der Waals surface area contributed by atoms with Gasteiger partial charge in [0.25, 0.3) is 11.8 Å². The van der Waals surface area contributed by atoms with E-state index in [1.54, 1.807) is 49.6 Å². The van der Waals surface area contributed by atoms with Crippen LogP contribution in [0.3, 0.4) is 0 Å². The number of hydrogen-bond acceptors (Lipinski definition) is 7. The number of rotatable bonds is 11. The molecule has 0 radical (unpaired) electrons. The van der Waals surface area contributed by atoms with Crippen molar-refractivity contribution in [3.05, 3.63) is 87.4 Å². The summed E-state index contributed by atoms with van der Waals surface area (Å²) in [5.41, 5.74) is 4.48. The van der Waals surface area contributed by atoms with Gasteiger partial charge in [0.2, 0.25) is 0 Å². The second kappa shape index (κ2) is 13.0. The fourth-order valence-corrected chi connectivity index (χ4v) is 4.34. The molecular weight excluding hydrogens is 483 g/mol. The summed E-state index contributed by atoms with van der Waals surface area (Å²) in [5, 5.41) is 27.8. The number of carbonyl (C=O) groups excluding carboxylic acids is 2. The van der Waals surface area contributed by atoms with Gasteiger partial charge in [0, 0.05) is 25.2 Å². The van der Waals surface area contributed by atoms with Gasteiger partial charge in [-0.2, -0.15) is 5.10 Å². The highest BCUT2D eigenvalue weighted by Gasteiger charge is 2.17. The third-order valence-corrected chi connectivity index (χ3v) is 5.90. The van der Waals surface area contributed by atoms with Crippen molar-refractivity contribution in [1.29, 1.82) is 0 Å². The van der Waals surface area contributed by atoms with Crippen LogP contribution in [-0.4, -0.2) is 58.4 Å². The number of carbonyl (C=O) groups is 2. The summed E-state index contributed by atoms with van der Waals surface area (Å²) >= 11 is 1.15. The first-order valence-electron chi connectivity index (χ1n) is 11.4. The molecule has 0 aliphatic heterocycles. The molecule has 3 rings (SSSR count). The molecule has 36 heavy (non-hydrogen) atoms. The minimum atomic E-state index is -0.559. The number of nitrogens with zero attached hydrogens (tertiary/aromatic N) is 2. The number of aliphatic hydroxyl groups excluding tert-OH is 2. The maximum atomic E-state index is 13.3. The van der Waals surface area contributed by atoms with E-state index in [0.29, 0.717) is 36.4 Å². The minimum absolute atomic E-state index is 0.274. The fourth-order valence-electron chi connectivity index (χ4n) is 3.60. The molecule has 2 unspecified atom stereocenters. The first-order valence-corrected chi connectivity index (χ1v) is 12.2. The second-order valence-corrected chi connectivity index (χ2v) is 9.38. The summed E-state index contributed by atoms with van der Waals surface area (Å²) < 4.78 is 13.3. The van der Waals surface area contributed by atoms with Crippen molar-refractivity contribution < 1.29 is 24.2 Å². The van der Waals surface area contributed by atoms with E-state index < -0.39 is 23.9 Å². The van der Waals surface area contributed by atoms with E-state index in [4.69, 9.17) is 0 Å². The highest BCUT2D eigenvalue weighted by Crippen LogP contribution is 2.23. The molecule has 0 aliphatic rings. The number of anilines is 1. The molecule has 2 aromatic carbocycles. The molecule has 3 aromatic rings. The smallest absolute Gasteiger partial charge is 0.283 e. The van der Waals surface area contributed by atoms with E-state index in [2.05, 4.69) is 15.8 Å². The number of nitrogens with one attached hydrogen (secondary N) is 2. The summed E-state index contributed by atoms with van der Waals surface area (Å²) in [7, 11) is 0. The minimum Gasteiger partial charge on any atom is -0.392 e. The predicted molar refractivity (Wildman–Crippen MR) is 139 cm³/mol. The molecule has 1 heterocycles. The number of aliphatic hydroxyl groups is 2. The summed E-state index contributed by atoms with van der Waals surface area (Å²) in [6, 6.07) is 14.5. The first kappa shape index (κ1) is 27.2. The van der Waals surface area contributed by atoms with Gasteiger partial charge < -0.3 is 15.5 Å². The molecule has 0 saturated heterocycles. The maximum Gasteiger partial charge on any atom is 0.283 e. The Balaban J connectivity index is 1.65. The largest absolute Gasteiger partial charge is 0.392 e. The number of hydrogen-bond donors (Lipinski definition) is 4. The number of amides is 2. The van der Waals surface area contributed by atoms with Gasteiger partial charge in [-0.25, -0.2) is 9.82 Å². The lowest BCUT2D eigenvalue weighted by molar-refractivity contribution is 0.0793. The van der Waals surface area contributed by atoms with Crippen LogP contribution in [0.5, 0.6) is 0 Å². The molecule has 0 saturated carbocycles. The summed E-state index contributed by atoms with van der Waals surface area (Å²) in [5.74, 6) is -1.30. The van der Waals surface area contributed by atoms with Crippen molar-refractivity contribution in [3.8, 4) is 0 Å². The molecule has 0 aliphatic carbocycles. The molecule has 1 aromatic heterocycles. The lowest BCUT2D eigenvalue weighted by Crippen LogP contribution is -2.35. The van der Waals surface area contributed by atoms with Gasteiger partial charge in [-0.15, -0.1) is 11.3 Å². The third kappa shape index (κ3) is 8.35. The van der Waals surface area contributed by atoms with E-state index in [1.807, 2.05) is 11.0 Å². The third-order valence-electron chi connectivity index (χ3n) is 4.99. The lowest BCUT2D eigenvalue weighted by atomic mass is 10.1. The highest BCUT2D eigenvalue weighted by atomic mass is 32.1. The first-order chi connectivity index (χ1) is 17.2. The zero-order valence-corrected chi connectivity index (χ0v) is 20.8. The fraction of sp³-hybridized carbons (Fsp3) is 0.269. The van der Waals surface area contributed by atoms with Gasteiger partial charge in [0.05, 0.1) is 24.1 Å². The average Bonchev–Trinajstić information content (AvgIpc) is 3.26. The van der Waals surface area contributed by atoms with Crippen LogP contribution >= 0.6 is 11.3 Å². The summed E-state index contributed by atoms with van der Waals surface area (Å²) in [4.78, 5) is 27.7. The van der Waals surface area contributed by atoms with Crippen molar-refractivity contribution >= 4 is 35.1 Å². The Morgan fingerprint density at radius 1 is 1.06 bits per heavy atom. The van der Waals surface area contributed by atoms with Crippen LogP contribution in [0.15, 0.2) is 65.1 Å². The molecule has 0 spiro atoms. The van der Waals surface area contributed by atoms with E-state index >= 15 is 0 Å². The van der Waals surface area contributed by atoms with Crippen molar-refractivity contribution in [2.24, 2.45) is 5.10 Å². The van der Waals surface area contributed by atoms with Gasteiger partial charge in [-0.1, -0.05) is 24.3 Å². The Labute approximate surface area is 213 Å². The maximum absolute atomic E-state index is 13.3. The normalized spacial score (nSPS) is 13.1. The quantitative estimate of drug-likeness (QED) is 0.232. The Bertz CT molecular complexity index is 1200. The molecule has 8 nitrogen and oxygen atoms in total. The zero-order valence-electron chi connectivity index (χ0n) is 20.0. The molecule has 0 fully saturated rings. The molecule has 190 valence electrons. The lowest BCUT2D eigenvalue weighted by Gasteiger charge is -2.25. The molecule has 2 amide bonds. The Morgan fingerprint density at radius 3 is 2.47 bits per heavy atom. The standard InChI is InChI=1S/C26H29FN4O4S/c1-17(32)14-31(15-18(2)33)16-20-6-3-7-21(11-20)25(34)29-23-9-10-36-24(23)26(35)30-28-13-19-5-4-8-22(27)12-19/h3-13,17-18,32-33H,14-16H2,1-2H3,(H,29,34)(H,30,35). The Morgan fingerprint density at radius 2 is 1.78 bits per heavy atom. The molecule has 10 heteroatoms. The average molecular weight is 513 g/mol. The van der Waals surface area contributed by atoms with Crippen LogP contribution in [0.2, 0.25) is 0 Å². The van der Waals surface area contributed by atoms with Gasteiger partial charge in [0.15, 0.2) is 0 Å². The molecule has 0 bridgehead atoms. The van der Waals surface area contributed by atoms with E-state index in [1.165, 1.54) is 24.4 Å². The molecule has 4 N–H and O–H groups in total. The van der Waals surface area contributed by atoms with Crippen molar-refractivity contribution in [2.45, 2.75) is 32.6 Å². The van der Waals surface area contributed by atoms with Crippen molar-refractivity contribution in [3.63, 3.8) is 0 Å². The SMILES string of the molecule is CC(O)CN(Cc1cccc(C(=O)Nc2ccsc2C(=O)NN=Cc2cccc(F)c2)c1)CC(C)O. The zero-order chi connectivity index (χ0) is 26.1. The topological polar surface area (TPSA) is 114 Å². The second-order valence-electron chi connectivity index (χ2n) is 8.46. The van der Waals surface area contributed by atoms with Crippen LogP contribution in [-0.2, 0) is 6.54 Å². The molecule has 2 atom stereocenters. The molecular formula is C26H29FN4O4S. The summed E-state index contributed by atoms with van der Waals surface area (Å²) in [6.07, 6.45) is 0.213. The Kier molecular flexibility index (Phi) is 9.83. The summed E-state index contributed by atoms with van der Waals surface area (Å²) in [6.45, 7) is 4.58. The van der Waals surface area contributed by atoms with Gasteiger partial charge in [-0.05, 0) is 60.7 Å². The number of thiophene rings is 1. The van der Waals surface area contributed by atoms with E-state index in [0.717, 1.165) is 16.9 Å². The highest BCUT2D eigenvalue weighted by molar-refractivity contribution is 7.12. The number of benzene rings is 2. The van der Waals surface area contributed by atoms with Crippen LogP contribution in [0, 0.1) is 5.82 Å². The Hall–Kier alpha value is -3.44. The van der Waals surface area contributed by atoms with Crippen molar-refractivity contribution in [2.75, 3.05) is 18.4 Å². The van der Waals surface area contributed by atoms with Crippen LogP contribution in [0.4, 0.5) is 10.1 Å². The van der Waals surface area contributed by atoms with Crippen molar-refractivity contribution in [1.82, 2.24) is 10.3 Å². The van der Waals surface area contributed by atoms with Gasteiger partial charge >= 0.3 is 0 Å². The number of hydrazone groups is 1. The van der Waals surface area contributed by atoms with Crippen LogP contribution in [0.25, 0.3) is 0 Å².